The van der Waals surface area contributed by atoms with E-state index in [-0.39, 0.29) is 24.2 Å². The highest BCUT2D eigenvalue weighted by atomic mass is 35.5. The smallest absolute Gasteiger partial charge is 0.244 e. The lowest BCUT2D eigenvalue weighted by Crippen LogP contribution is -2.52. The van der Waals surface area contributed by atoms with E-state index in [9.17, 15) is 18.0 Å². The Bertz CT molecular complexity index is 1200. The highest BCUT2D eigenvalue weighted by molar-refractivity contribution is 7.92. The summed E-state index contributed by atoms with van der Waals surface area (Å²) in [6.07, 6.45) is 4.93. The van der Waals surface area contributed by atoms with Crippen molar-refractivity contribution in [2.24, 2.45) is 0 Å². The number of amides is 2. The molecule has 1 N–H and O–H groups in total. The maximum Gasteiger partial charge on any atom is 0.244 e. The van der Waals surface area contributed by atoms with E-state index in [1.165, 1.54) is 18.1 Å². The van der Waals surface area contributed by atoms with E-state index < -0.39 is 28.5 Å². The van der Waals surface area contributed by atoms with Crippen LogP contribution in [-0.2, 0) is 26.2 Å². The third-order valence-corrected chi connectivity index (χ3v) is 8.11. The second-order valence-electron chi connectivity index (χ2n) is 8.91. The van der Waals surface area contributed by atoms with Crippen LogP contribution in [0.2, 0.25) is 10.0 Å². The Hall–Kier alpha value is -2.49. The summed E-state index contributed by atoms with van der Waals surface area (Å²) < 4.78 is 31.5. The average molecular weight is 557 g/mol. The minimum absolute atomic E-state index is 0.0463. The lowest BCUT2D eigenvalue weighted by atomic mass is 10.1. The summed E-state index contributed by atoms with van der Waals surface area (Å²) in [4.78, 5) is 28.1. The maximum absolute atomic E-state index is 13.6. The molecule has 2 amide bonds. The van der Waals surface area contributed by atoms with Crippen molar-refractivity contribution in [2.45, 2.75) is 51.2 Å². The fourth-order valence-electron chi connectivity index (χ4n) is 4.19. The molecule has 1 fully saturated rings. The van der Waals surface area contributed by atoms with Gasteiger partial charge in [0.2, 0.25) is 21.8 Å². The zero-order chi connectivity index (χ0) is 26.5. The first kappa shape index (κ1) is 28.1. The van der Waals surface area contributed by atoms with E-state index in [1.54, 1.807) is 43.3 Å². The number of methoxy groups -OCH3 is 1. The van der Waals surface area contributed by atoms with Crippen molar-refractivity contribution in [1.82, 2.24) is 10.2 Å². The van der Waals surface area contributed by atoms with Crippen molar-refractivity contribution < 1.29 is 22.7 Å². The van der Waals surface area contributed by atoms with Crippen LogP contribution in [0.1, 0.15) is 38.2 Å². The second kappa shape index (κ2) is 12.2. The molecule has 0 spiro atoms. The molecule has 1 atom stereocenters. The van der Waals surface area contributed by atoms with Gasteiger partial charge in [-0.25, -0.2) is 8.42 Å². The van der Waals surface area contributed by atoms with Gasteiger partial charge in [0.1, 0.15) is 18.3 Å². The van der Waals surface area contributed by atoms with Gasteiger partial charge in [-0.2, -0.15) is 0 Å². The maximum atomic E-state index is 13.6. The summed E-state index contributed by atoms with van der Waals surface area (Å²) in [5.74, 6) is -0.378. The monoisotopic (exact) mass is 555 g/mol. The highest BCUT2D eigenvalue weighted by Gasteiger charge is 2.31. The first-order chi connectivity index (χ1) is 17.0. The molecule has 196 valence electrons. The Labute approximate surface area is 222 Å². The lowest BCUT2D eigenvalue weighted by molar-refractivity contribution is -0.139. The highest BCUT2D eigenvalue weighted by Crippen LogP contribution is 2.26. The molecule has 1 unspecified atom stereocenters. The number of carbonyl (C=O) groups excluding carboxylic acids is 2. The largest absolute Gasteiger partial charge is 0.497 e. The lowest BCUT2D eigenvalue weighted by Gasteiger charge is -2.32. The molecule has 0 aromatic heterocycles. The van der Waals surface area contributed by atoms with Crippen molar-refractivity contribution >= 4 is 50.7 Å². The quantitative estimate of drug-likeness (QED) is 0.472. The molecule has 1 aliphatic rings. The molecule has 36 heavy (non-hydrogen) atoms. The van der Waals surface area contributed by atoms with Crippen molar-refractivity contribution in [1.29, 1.82) is 0 Å². The minimum atomic E-state index is -3.83. The molecule has 0 saturated heterocycles. The van der Waals surface area contributed by atoms with E-state index in [0.29, 0.717) is 21.4 Å². The molecule has 0 heterocycles. The Morgan fingerprint density at radius 2 is 1.81 bits per heavy atom. The van der Waals surface area contributed by atoms with E-state index >= 15 is 0 Å². The topological polar surface area (TPSA) is 96.0 Å². The van der Waals surface area contributed by atoms with Crippen LogP contribution in [0.15, 0.2) is 42.5 Å². The summed E-state index contributed by atoms with van der Waals surface area (Å²) >= 11 is 12.2. The second-order valence-corrected chi connectivity index (χ2v) is 11.6. The van der Waals surface area contributed by atoms with Crippen LogP contribution in [0.4, 0.5) is 5.69 Å². The summed E-state index contributed by atoms with van der Waals surface area (Å²) in [6, 6.07) is 10.6. The summed E-state index contributed by atoms with van der Waals surface area (Å²) in [5.41, 5.74) is 0.938. The van der Waals surface area contributed by atoms with Crippen LogP contribution >= 0.6 is 23.2 Å². The molecule has 1 aliphatic carbocycles. The number of halogens is 2. The van der Waals surface area contributed by atoms with E-state index in [1.807, 2.05) is 0 Å². The van der Waals surface area contributed by atoms with Crippen LogP contribution in [0.3, 0.4) is 0 Å². The molecule has 0 bridgehead atoms. The Kier molecular flexibility index (Phi) is 9.49. The molecule has 0 aliphatic heterocycles. The minimum Gasteiger partial charge on any atom is -0.497 e. The molecule has 8 nitrogen and oxygen atoms in total. The summed E-state index contributed by atoms with van der Waals surface area (Å²) in [7, 11) is -2.36. The number of rotatable bonds is 10. The van der Waals surface area contributed by atoms with Gasteiger partial charge in [-0.1, -0.05) is 48.2 Å². The van der Waals surface area contributed by atoms with E-state index in [2.05, 4.69) is 5.32 Å². The summed E-state index contributed by atoms with van der Waals surface area (Å²) in [6.45, 7) is 1.19. The third kappa shape index (κ3) is 7.27. The first-order valence-electron chi connectivity index (χ1n) is 11.6. The van der Waals surface area contributed by atoms with Gasteiger partial charge in [-0.3, -0.25) is 13.9 Å². The van der Waals surface area contributed by atoms with Crippen LogP contribution in [0.25, 0.3) is 0 Å². The van der Waals surface area contributed by atoms with Crippen LogP contribution < -0.4 is 14.4 Å². The van der Waals surface area contributed by atoms with Crippen LogP contribution in [0.5, 0.6) is 5.75 Å². The van der Waals surface area contributed by atoms with Crippen molar-refractivity contribution in [3.05, 3.63) is 58.1 Å². The predicted octanol–water partition coefficient (Wildman–Crippen LogP) is 4.24. The fourth-order valence-corrected chi connectivity index (χ4v) is 5.35. The SMILES string of the molecule is COc1cccc(N(CC(=O)N(Cc2ccc(Cl)c(Cl)c2)C(C)C(=O)NC2CCCC2)S(C)(=O)=O)c1. The fraction of sp³-hybridized carbons (Fsp3) is 0.440. The summed E-state index contributed by atoms with van der Waals surface area (Å²) in [5, 5.41) is 3.71. The first-order valence-corrected chi connectivity index (χ1v) is 14.3. The predicted molar refractivity (Wildman–Crippen MR) is 142 cm³/mol. The molecular weight excluding hydrogens is 525 g/mol. The van der Waals surface area contributed by atoms with Gasteiger partial charge in [0.15, 0.2) is 0 Å². The van der Waals surface area contributed by atoms with Gasteiger partial charge >= 0.3 is 0 Å². The number of ether oxygens (including phenoxy) is 1. The molecular formula is C25H31Cl2N3O5S. The Balaban J connectivity index is 1.90. The normalized spacial score (nSPS) is 14.8. The number of hydrogen-bond donors (Lipinski definition) is 1. The van der Waals surface area contributed by atoms with Crippen LogP contribution in [-0.4, -0.2) is 57.1 Å². The van der Waals surface area contributed by atoms with E-state index in [4.69, 9.17) is 27.9 Å². The number of nitrogens with zero attached hydrogens (tertiary/aromatic N) is 2. The number of anilines is 1. The zero-order valence-electron chi connectivity index (χ0n) is 20.5. The third-order valence-electron chi connectivity index (χ3n) is 6.23. The zero-order valence-corrected chi connectivity index (χ0v) is 22.9. The Morgan fingerprint density at radius 3 is 2.42 bits per heavy atom. The number of nitrogens with one attached hydrogen (secondary N) is 1. The molecule has 1 saturated carbocycles. The van der Waals surface area contributed by atoms with Gasteiger partial charge in [0, 0.05) is 18.7 Å². The average Bonchev–Trinajstić information content (AvgIpc) is 3.35. The van der Waals surface area contributed by atoms with Gasteiger partial charge in [-0.15, -0.1) is 0 Å². The van der Waals surface area contributed by atoms with Gasteiger partial charge in [0.05, 0.1) is 29.1 Å². The number of benzene rings is 2. The molecule has 11 heteroatoms. The Morgan fingerprint density at radius 1 is 1.11 bits per heavy atom. The van der Waals surface area contributed by atoms with Crippen molar-refractivity contribution in [3.63, 3.8) is 0 Å². The molecule has 2 aromatic rings. The molecule has 2 aromatic carbocycles. The standard InChI is InChI=1S/C25H31Cl2N3O5S/c1-17(25(32)28-19-7-4-5-8-19)29(15-18-11-12-22(26)23(27)13-18)24(31)16-30(36(3,33)34)20-9-6-10-21(14-20)35-2/h6,9-14,17,19H,4-5,7-8,15-16H2,1-3H3,(H,28,32). The molecule has 0 radical (unpaired) electrons. The van der Waals surface area contributed by atoms with Gasteiger partial charge in [-0.05, 0) is 49.6 Å². The molecule has 3 rings (SSSR count). The van der Waals surface area contributed by atoms with Crippen LogP contribution in [0, 0.1) is 0 Å². The number of carbonyl (C=O) groups is 2. The van der Waals surface area contributed by atoms with Crippen molar-refractivity contribution in [2.75, 3.05) is 24.2 Å². The number of sulfonamides is 1. The van der Waals surface area contributed by atoms with Gasteiger partial charge < -0.3 is 15.0 Å². The van der Waals surface area contributed by atoms with Crippen molar-refractivity contribution in [3.8, 4) is 5.75 Å². The van der Waals surface area contributed by atoms with E-state index in [0.717, 1.165) is 36.2 Å². The van der Waals surface area contributed by atoms with Gasteiger partial charge in [0.25, 0.3) is 0 Å². The number of hydrogen-bond acceptors (Lipinski definition) is 5.